The zero-order valence-corrected chi connectivity index (χ0v) is 46.6. The monoisotopic (exact) mass is 1180 g/mol. The number of anilines is 6. The number of morpholine rings is 2. The van der Waals surface area contributed by atoms with Gasteiger partial charge < -0.3 is 71.2 Å². The van der Waals surface area contributed by atoms with Crippen molar-refractivity contribution in [2.45, 2.75) is 88.6 Å². The Balaban J connectivity index is 0.000000204. The van der Waals surface area contributed by atoms with Crippen LogP contribution in [-0.4, -0.2) is 176 Å². The molecule has 4 aromatic rings. The van der Waals surface area contributed by atoms with Gasteiger partial charge in [-0.1, -0.05) is 0 Å². The van der Waals surface area contributed by atoms with Crippen molar-refractivity contribution < 1.29 is 69.9 Å². The number of aliphatic hydroxyl groups is 3. The van der Waals surface area contributed by atoms with Crippen molar-refractivity contribution in [2.24, 2.45) is 22.3 Å². The minimum atomic E-state index is -4.88. The van der Waals surface area contributed by atoms with Crippen LogP contribution < -0.4 is 46.4 Å². The first-order valence-corrected chi connectivity index (χ1v) is 27.0. The number of piperidine rings is 2. The van der Waals surface area contributed by atoms with Gasteiger partial charge in [0.1, 0.15) is 41.5 Å². The van der Waals surface area contributed by atoms with Gasteiger partial charge in [-0.15, -0.1) is 12.4 Å². The van der Waals surface area contributed by atoms with Crippen LogP contribution in [0.5, 0.6) is 5.88 Å². The fourth-order valence-electron chi connectivity index (χ4n) is 9.86. The molecule has 10 rings (SSSR count). The van der Waals surface area contributed by atoms with Crippen molar-refractivity contribution in [2.75, 3.05) is 135 Å². The van der Waals surface area contributed by atoms with Crippen molar-refractivity contribution in [1.82, 2.24) is 19.9 Å². The largest absolute Gasteiger partial charge is 0.475 e. The zero-order chi connectivity index (χ0) is 58.4. The highest BCUT2D eigenvalue weighted by molar-refractivity contribution is 6.08. The van der Waals surface area contributed by atoms with Gasteiger partial charge in [-0.05, 0) is 130 Å². The van der Waals surface area contributed by atoms with Crippen LogP contribution in [-0.2, 0) is 9.47 Å². The number of nitrogens with zero attached hydrogens (tertiary/aromatic N) is 8. The number of alkyl halides is 6. The Morgan fingerprint density at radius 1 is 0.573 bits per heavy atom. The Labute approximate surface area is 476 Å². The van der Waals surface area contributed by atoms with Gasteiger partial charge in [0, 0.05) is 58.4 Å². The zero-order valence-electron chi connectivity index (χ0n) is 45.8. The first-order valence-electron chi connectivity index (χ1n) is 27.0. The molecule has 1 unspecified atom stereocenters. The Morgan fingerprint density at radius 3 is 1.33 bits per heavy atom. The van der Waals surface area contributed by atoms with Gasteiger partial charge in [0.2, 0.25) is 11.8 Å². The number of carbonyl (C=O) groups is 2. The molecule has 1 atom stereocenters. The van der Waals surface area contributed by atoms with E-state index in [9.17, 15) is 45.4 Å². The molecule has 82 heavy (non-hydrogen) atoms. The number of hydrogen-bond donors (Lipinski definition) is 7. The predicted molar refractivity (Wildman–Crippen MR) is 295 cm³/mol. The number of aliphatic hydroxyl groups excluding tert-OH is 3. The van der Waals surface area contributed by atoms with Crippen LogP contribution in [0.1, 0.15) is 83.2 Å². The highest BCUT2D eigenvalue weighted by Crippen LogP contribution is 2.55. The van der Waals surface area contributed by atoms with Crippen LogP contribution in [0.15, 0.2) is 48.5 Å². The lowest BCUT2D eigenvalue weighted by Crippen LogP contribution is -2.60. The SMILES string of the molecule is Cc1cc(NC(=O)c2ccc(F)nc2N2CCC3(CC2)CC3)nc(N2CCOCC2)c1.Cc1cc(NC(=O)c2ccc(OCC(N)(CO)C(F)(F)F)nc2N2CCC3(CC2)CC3)nc(N2CCOCC2)c1.Cl.NC(CO)(CO)C(F)(F)F. The van der Waals surface area contributed by atoms with Gasteiger partial charge in [-0.25, -0.2) is 15.0 Å². The maximum Gasteiger partial charge on any atom is 0.411 e. The summed E-state index contributed by atoms with van der Waals surface area (Å²) in [7, 11) is 0. The van der Waals surface area contributed by atoms with Gasteiger partial charge in [0.25, 0.3) is 11.8 Å². The quantitative estimate of drug-likeness (QED) is 0.0570. The number of rotatable bonds is 14. The molecule has 4 saturated heterocycles. The average molecular weight is 1190 g/mol. The Kier molecular flexibility index (Phi) is 20.4. The second-order valence-electron chi connectivity index (χ2n) is 22.0. The second kappa shape index (κ2) is 26.3. The van der Waals surface area contributed by atoms with E-state index in [4.69, 9.17) is 30.2 Å². The van der Waals surface area contributed by atoms with Gasteiger partial charge in [0.05, 0.1) is 57.4 Å². The number of aromatic nitrogens is 4. The third kappa shape index (κ3) is 15.6. The van der Waals surface area contributed by atoms with E-state index in [0.29, 0.717) is 92.3 Å². The fourth-order valence-corrected chi connectivity index (χ4v) is 9.86. The van der Waals surface area contributed by atoms with E-state index in [1.165, 1.54) is 49.9 Å². The molecule has 452 valence electrons. The molecular weight excluding hydrogens is 1110 g/mol. The average Bonchev–Trinajstić information content (AvgIpc) is 4.17. The normalized spacial score (nSPS) is 19.1. The smallest absolute Gasteiger partial charge is 0.411 e. The van der Waals surface area contributed by atoms with E-state index < -0.39 is 61.7 Å². The summed E-state index contributed by atoms with van der Waals surface area (Å²) >= 11 is 0. The van der Waals surface area contributed by atoms with Crippen LogP contribution in [0.2, 0.25) is 0 Å². The highest BCUT2D eigenvalue weighted by Gasteiger charge is 2.53. The van der Waals surface area contributed by atoms with Crippen molar-refractivity contribution in [3.8, 4) is 5.88 Å². The van der Waals surface area contributed by atoms with Crippen molar-refractivity contribution in [3.05, 3.63) is 76.7 Å². The van der Waals surface area contributed by atoms with E-state index >= 15 is 0 Å². The minimum absolute atomic E-state index is 0. The molecule has 2 spiro atoms. The number of aryl methyl sites for hydroxylation is 2. The Bertz CT molecular complexity index is 2820. The summed E-state index contributed by atoms with van der Waals surface area (Å²) in [5, 5.41) is 31.3. The lowest BCUT2D eigenvalue weighted by molar-refractivity contribution is -0.205. The summed E-state index contributed by atoms with van der Waals surface area (Å²) in [5.74, 6) is 1.74. The van der Waals surface area contributed by atoms with E-state index in [0.717, 1.165) is 74.6 Å². The molecule has 4 aliphatic heterocycles. The molecule has 0 radical (unpaired) electrons. The number of pyridine rings is 4. The van der Waals surface area contributed by atoms with Crippen LogP contribution >= 0.6 is 12.4 Å². The van der Waals surface area contributed by atoms with E-state index in [1.54, 1.807) is 6.07 Å². The number of amides is 2. The van der Waals surface area contributed by atoms with E-state index in [-0.39, 0.29) is 29.8 Å². The van der Waals surface area contributed by atoms with Crippen molar-refractivity contribution in [3.63, 3.8) is 0 Å². The summed E-state index contributed by atoms with van der Waals surface area (Å²) in [4.78, 5) is 52.8. The third-order valence-electron chi connectivity index (χ3n) is 15.9. The molecule has 2 saturated carbocycles. The van der Waals surface area contributed by atoms with Crippen LogP contribution in [0.25, 0.3) is 0 Å². The summed E-state index contributed by atoms with van der Waals surface area (Å²) < 4.78 is 105. The molecule has 6 fully saturated rings. The number of nitrogens with two attached hydrogens (primary N) is 2. The summed E-state index contributed by atoms with van der Waals surface area (Å²) in [6.45, 7) is 7.34. The molecule has 6 aliphatic rings. The maximum atomic E-state index is 14.0. The van der Waals surface area contributed by atoms with E-state index in [1.807, 2.05) is 41.8 Å². The molecule has 4 aromatic heterocycles. The van der Waals surface area contributed by atoms with E-state index in [2.05, 4.69) is 46.1 Å². The Morgan fingerprint density at radius 2 is 0.963 bits per heavy atom. The van der Waals surface area contributed by atoms with Crippen molar-refractivity contribution >= 4 is 59.1 Å². The summed E-state index contributed by atoms with van der Waals surface area (Å²) in [6, 6.07) is 13.2. The summed E-state index contributed by atoms with van der Waals surface area (Å²) in [5.41, 5.74) is 7.53. The Hall–Kier alpha value is -5.94. The molecule has 9 N–H and O–H groups in total. The van der Waals surface area contributed by atoms with Crippen molar-refractivity contribution in [1.29, 1.82) is 0 Å². The minimum Gasteiger partial charge on any atom is -0.475 e. The first kappa shape index (κ1) is 63.6. The lowest BCUT2D eigenvalue weighted by Gasteiger charge is -2.34. The molecule has 2 amide bonds. The molecule has 2 aliphatic carbocycles. The molecular formula is C54H72ClF7N12O8. The summed E-state index contributed by atoms with van der Waals surface area (Å²) in [6.07, 6.45) is -0.638. The molecule has 0 aromatic carbocycles. The number of ether oxygens (including phenoxy) is 3. The molecule has 8 heterocycles. The molecule has 20 nitrogen and oxygen atoms in total. The van der Waals surface area contributed by atoms with Gasteiger partial charge in [0.15, 0.2) is 11.1 Å². The first-order chi connectivity index (χ1) is 38.4. The maximum absolute atomic E-state index is 14.0. The standard InChI is InChI=1S/C27H35F3N6O4.C23H28FN5O2.C4H8F3NO2.ClH/c1-18-14-20(32-21(15-18)35-10-12-39-13-11-35)33-24(38)19-2-3-22(40-17-26(31,16-37)27(28,29)30)34-23(19)36-8-6-25(4-5-25)7-9-36;1-16-14-19(26-20(15-16)28-10-12-31-13-11-28)27-22(30)17-2-3-18(24)25-21(17)29-8-6-23(4-5-23)7-9-29;5-4(6,7)3(8,1-9)2-10;/h2-3,14-15,37H,4-13,16-17,31H2,1H3,(H,32,33,38);2-3,14-15H,4-13H2,1H3,(H,26,27,30);9-10H,1-2,8H2;1H. The van der Waals surface area contributed by atoms with Crippen LogP contribution in [0.3, 0.4) is 0 Å². The number of nitrogens with one attached hydrogen (secondary N) is 2. The van der Waals surface area contributed by atoms with Gasteiger partial charge in [-0.2, -0.15) is 35.7 Å². The fraction of sp³-hybridized carbons (Fsp3) is 0.593. The molecule has 28 heteroatoms. The van der Waals surface area contributed by atoms with Gasteiger partial charge >= 0.3 is 12.4 Å². The number of carbonyl (C=O) groups excluding carboxylic acids is 2. The molecule has 0 bridgehead atoms. The van der Waals surface area contributed by atoms with Gasteiger partial charge in [-0.3, -0.25) is 9.59 Å². The van der Waals surface area contributed by atoms with Crippen LogP contribution in [0, 0.1) is 30.6 Å². The van der Waals surface area contributed by atoms with Crippen LogP contribution in [0.4, 0.5) is 65.6 Å². The number of halogens is 8. The highest BCUT2D eigenvalue weighted by atomic mass is 35.5. The number of hydrogen-bond acceptors (Lipinski definition) is 18. The third-order valence-corrected chi connectivity index (χ3v) is 15.9. The topological polar surface area (TPSA) is 263 Å². The second-order valence-corrected chi connectivity index (χ2v) is 22.0. The predicted octanol–water partition coefficient (Wildman–Crippen LogP) is 5.93. The lowest BCUT2D eigenvalue weighted by atomic mass is 9.93.